The van der Waals surface area contributed by atoms with Gasteiger partial charge in [0.25, 0.3) is 5.91 Å². The number of aromatic nitrogens is 1. The van der Waals surface area contributed by atoms with Gasteiger partial charge in [-0.2, -0.15) is 0 Å². The van der Waals surface area contributed by atoms with Gasteiger partial charge in [0.15, 0.2) is 5.13 Å². The average Bonchev–Trinajstić information content (AvgIpc) is 3.07. The van der Waals surface area contributed by atoms with E-state index < -0.39 is 0 Å². The molecule has 3 aromatic rings. The highest BCUT2D eigenvalue weighted by Gasteiger charge is 2.22. The van der Waals surface area contributed by atoms with E-state index in [-0.39, 0.29) is 5.91 Å². The molecule has 1 aromatic heterocycles. The molecule has 5 heteroatoms. The molecule has 1 amide bonds. The van der Waals surface area contributed by atoms with Crippen molar-refractivity contribution in [3.8, 4) is 0 Å². The minimum atomic E-state index is 0.0170. The van der Waals surface area contributed by atoms with Crippen LogP contribution in [0.4, 0.5) is 5.13 Å². The van der Waals surface area contributed by atoms with E-state index in [4.69, 9.17) is 4.98 Å². The highest BCUT2D eigenvalue weighted by molar-refractivity contribution is 7.22. The Hall–Kier alpha value is -2.24. The highest BCUT2D eigenvalue weighted by Crippen LogP contribution is 2.31. The predicted molar refractivity (Wildman–Crippen MR) is 120 cm³/mol. The van der Waals surface area contributed by atoms with Crippen molar-refractivity contribution in [3.63, 3.8) is 0 Å². The van der Waals surface area contributed by atoms with Crippen molar-refractivity contribution in [2.75, 3.05) is 31.1 Å². The van der Waals surface area contributed by atoms with Gasteiger partial charge in [0.05, 0.1) is 10.2 Å². The number of nitrogens with zero attached hydrogens (tertiary/aromatic N) is 3. The third kappa shape index (κ3) is 4.42. The van der Waals surface area contributed by atoms with E-state index in [1.165, 1.54) is 11.1 Å². The number of anilines is 1. The quantitative estimate of drug-likeness (QED) is 0.551. The smallest absolute Gasteiger partial charge is 0.260 e. The molecule has 0 bridgehead atoms. The molecule has 0 saturated carbocycles. The van der Waals surface area contributed by atoms with Crippen LogP contribution in [0.25, 0.3) is 10.2 Å². The van der Waals surface area contributed by atoms with Crippen LogP contribution in [0.15, 0.2) is 36.4 Å². The van der Waals surface area contributed by atoms with E-state index in [2.05, 4.69) is 44.7 Å². The van der Waals surface area contributed by atoms with Crippen LogP contribution in [0, 0.1) is 20.8 Å². The Morgan fingerprint density at radius 1 is 1.00 bits per heavy atom. The second-order valence-electron chi connectivity index (χ2n) is 7.25. The fourth-order valence-electron chi connectivity index (χ4n) is 3.28. The molecule has 3 rings (SSSR count). The normalized spacial score (nSPS) is 11.4. The molecule has 28 heavy (non-hydrogen) atoms. The van der Waals surface area contributed by atoms with Gasteiger partial charge in [-0.05, 0) is 69.3 Å². The van der Waals surface area contributed by atoms with E-state index in [0.29, 0.717) is 12.1 Å². The lowest BCUT2D eigenvalue weighted by atomic mass is 10.1. The minimum absolute atomic E-state index is 0.0170. The van der Waals surface area contributed by atoms with Gasteiger partial charge in [-0.15, -0.1) is 0 Å². The molecule has 0 unspecified atom stereocenters. The van der Waals surface area contributed by atoms with Crippen molar-refractivity contribution in [2.45, 2.75) is 34.6 Å². The predicted octanol–water partition coefficient (Wildman–Crippen LogP) is 5.21. The molecule has 0 aliphatic carbocycles. The molecule has 0 spiro atoms. The van der Waals surface area contributed by atoms with Crippen molar-refractivity contribution >= 4 is 32.6 Å². The second kappa shape index (κ2) is 8.84. The van der Waals surface area contributed by atoms with Gasteiger partial charge in [-0.25, -0.2) is 4.98 Å². The van der Waals surface area contributed by atoms with Crippen LogP contribution in [0.1, 0.15) is 40.9 Å². The monoisotopic (exact) mass is 395 g/mol. The fourth-order valence-corrected chi connectivity index (χ4v) is 4.35. The molecule has 0 atom stereocenters. The maximum absolute atomic E-state index is 13.4. The second-order valence-corrected chi connectivity index (χ2v) is 8.26. The minimum Gasteiger partial charge on any atom is -0.302 e. The molecule has 0 saturated heterocycles. The van der Waals surface area contributed by atoms with Gasteiger partial charge in [0, 0.05) is 18.7 Å². The summed E-state index contributed by atoms with van der Waals surface area (Å²) in [5.74, 6) is 0.0170. The number of rotatable bonds is 7. The van der Waals surface area contributed by atoms with Crippen LogP contribution in [-0.4, -0.2) is 42.0 Å². The molecule has 0 fully saturated rings. The zero-order chi connectivity index (χ0) is 20.3. The number of likely N-dealkylation sites (N-methyl/N-ethyl adjacent to an activating group) is 1. The van der Waals surface area contributed by atoms with Crippen molar-refractivity contribution in [1.82, 2.24) is 9.88 Å². The number of fused-ring (bicyclic) bond motifs is 1. The lowest BCUT2D eigenvalue weighted by Crippen LogP contribution is -2.38. The average molecular weight is 396 g/mol. The first-order valence-corrected chi connectivity index (χ1v) is 10.7. The molecular weight excluding hydrogens is 366 g/mol. The molecule has 4 nitrogen and oxygen atoms in total. The highest BCUT2D eigenvalue weighted by atomic mass is 32.1. The summed E-state index contributed by atoms with van der Waals surface area (Å²) in [5, 5.41) is 0.777. The summed E-state index contributed by atoms with van der Waals surface area (Å²) in [7, 11) is 0. The standard InChI is InChI=1S/C23H29N3OS/c1-6-25(7-2)11-12-26(22(27)19-10-8-9-16(3)13-19)23-24-20-14-17(4)18(5)15-21(20)28-23/h8-10,13-15H,6-7,11-12H2,1-5H3. The summed E-state index contributed by atoms with van der Waals surface area (Å²) in [5.41, 5.74) is 5.25. The summed E-state index contributed by atoms with van der Waals surface area (Å²) >= 11 is 1.60. The Kier molecular flexibility index (Phi) is 6.47. The van der Waals surface area contributed by atoms with Crippen molar-refractivity contribution < 1.29 is 4.79 Å². The Morgan fingerprint density at radius 3 is 2.39 bits per heavy atom. The third-order valence-electron chi connectivity index (χ3n) is 5.27. The molecule has 0 N–H and O–H groups in total. The maximum atomic E-state index is 13.4. The van der Waals surface area contributed by atoms with E-state index in [0.717, 1.165) is 40.5 Å². The van der Waals surface area contributed by atoms with Crippen molar-refractivity contribution in [3.05, 3.63) is 58.7 Å². The first-order chi connectivity index (χ1) is 13.4. The number of thiazole rings is 1. The summed E-state index contributed by atoms with van der Waals surface area (Å²) < 4.78 is 1.13. The zero-order valence-corrected chi connectivity index (χ0v) is 18.3. The Morgan fingerprint density at radius 2 is 1.71 bits per heavy atom. The SMILES string of the molecule is CCN(CC)CCN(C(=O)c1cccc(C)c1)c1nc2cc(C)c(C)cc2s1. The van der Waals surface area contributed by atoms with Crippen molar-refractivity contribution in [2.24, 2.45) is 0 Å². The number of aryl methyl sites for hydroxylation is 3. The molecule has 148 valence electrons. The van der Waals surface area contributed by atoms with Crippen molar-refractivity contribution in [1.29, 1.82) is 0 Å². The fraction of sp³-hybridized carbons (Fsp3) is 0.391. The molecule has 1 heterocycles. The van der Waals surface area contributed by atoms with Gasteiger partial charge >= 0.3 is 0 Å². The van der Waals surface area contributed by atoms with E-state index >= 15 is 0 Å². The topological polar surface area (TPSA) is 36.4 Å². The molecule has 2 aromatic carbocycles. The van der Waals surface area contributed by atoms with E-state index in [9.17, 15) is 4.79 Å². The maximum Gasteiger partial charge on any atom is 0.260 e. The van der Waals surface area contributed by atoms with Crippen LogP contribution >= 0.6 is 11.3 Å². The Labute approximate surface area is 171 Å². The van der Waals surface area contributed by atoms with Gasteiger partial charge in [-0.3, -0.25) is 9.69 Å². The lowest BCUT2D eigenvalue weighted by Gasteiger charge is -2.24. The number of hydrogen-bond donors (Lipinski definition) is 0. The van der Waals surface area contributed by atoms with Crippen LogP contribution < -0.4 is 4.90 Å². The van der Waals surface area contributed by atoms with E-state index in [1.54, 1.807) is 11.3 Å². The lowest BCUT2D eigenvalue weighted by molar-refractivity contribution is 0.0983. The van der Waals surface area contributed by atoms with Gasteiger partial charge in [0.2, 0.25) is 0 Å². The van der Waals surface area contributed by atoms with Gasteiger partial charge in [0.1, 0.15) is 0 Å². The van der Waals surface area contributed by atoms with E-state index in [1.807, 2.05) is 36.1 Å². The van der Waals surface area contributed by atoms with Crippen LogP contribution in [0.5, 0.6) is 0 Å². The zero-order valence-electron chi connectivity index (χ0n) is 17.5. The number of carbonyl (C=O) groups excluding carboxylic acids is 1. The van der Waals surface area contributed by atoms with Crippen LogP contribution in [0.2, 0.25) is 0 Å². The van der Waals surface area contributed by atoms with Crippen LogP contribution in [0.3, 0.4) is 0 Å². The molecule has 0 aliphatic rings. The number of carbonyl (C=O) groups is 1. The first kappa shape index (κ1) is 20.5. The summed E-state index contributed by atoms with van der Waals surface area (Å²) in [6.45, 7) is 13.9. The summed E-state index contributed by atoms with van der Waals surface area (Å²) in [6.07, 6.45) is 0. The largest absolute Gasteiger partial charge is 0.302 e. The third-order valence-corrected chi connectivity index (χ3v) is 6.31. The number of amides is 1. The number of hydrogen-bond acceptors (Lipinski definition) is 4. The molecular formula is C23H29N3OS. The van der Waals surface area contributed by atoms with Crippen LogP contribution in [-0.2, 0) is 0 Å². The van der Waals surface area contributed by atoms with Gasteiger partial charge < -0.3 is 4.90 Å². The first-order valence-electron chi connectivity index (χ1n) is 9.91. The Balaban J connectivity index is 1.98. The molecule has 0 aliphatic heterocycles. The number of benzene rings is 2. The van der Waals surface area contributed by atoms with Gasteiger partial charge in [-0.1, -0.05) is 42.9 Å². The summed E-state index contributed by atoms with van der Waals surface area (Å²) in [4.78, 5) is 22.4. The molecule has 0 radical (unpaired) electrons. The summed E-state index contributed by atoms with van der Waals surface area (Å²) in [6, 6.07) is 12.1. The Bertz CT molecular complexity index is 936.